The van der Waals surface area contributed by atoms with E-state index in [0.717, 1.165) is 34.8 Å². The van der Waals surface area contributed by atoms with Crippen molar-refractivity contribution in [1.29, 1.82) is 0 Å². The molecule has 0 radical (unpaired) electrons. The Morgan fingerprint density at radius 1 is 1.00 bits per heavy atom. The molecule has 0 spiro atoms. The summed E-state index contributed by atoms with van der Waals surface area (Å²) in [6.45, 7) is 0. The van der Waals surface area contributed by atoms with Crippen LogP contribution in [0.25, 0.3) is 10.6 Å². The molecule has 8 heteroatoms. The van der Waals surface area contributed by atoms with Crippen molar-refractivity contribution < 1.29 is 14.3 Å². The number of hydrogen-bond acceptors (Lipinski definition) is 8. The molecular weight excluding hydrogens is 436 g/mol. The molecule has 0 saturated heterocycles. The summed E-state index contributed by atoms with van der Waals surface area (Å²) in [6.07, 6.45) is 6.25. The van der Waals surface area contributed by atoms with Gasteiger partial charge in [-0.15, -0.1) is 10.2 Å². The highest BCUT2D eigenvalue weighted by atomic mass is 32.1. The van der Waals surface area contributed by atoms with E-state index in [0.29, 0.717) is 17.1 Å². The molecule has 4 aromatic rings. The molecule has 0 bridgehead atoms. The van der Waals surface area contributed by atoms with Crippen molar-refractivity contribution in [2.75, 3.05) is 19.5 Å². The summed E-state index contributed by atoms with van der Waals surface area (Å²) in [7, 11) is 3.41. The molecule has 5 rings (SSSR count). The molecule has 0 amide bonds. The number of benzene rings is 2. The Balaban J connectivity index is 0.000000172. The van der Waals surface area contributed by atoms with Crippen molar-refractivity contribution in [3.63, 3.8) is 0 Å². The van der Waals surface area contributed by atoms with Crippen LogP contribution in [0.15, 0.2) is 67.0 Å². The van der Waals surface area contributed by atoms with Crippen molar-refractivity contribution in [2.24, 2.45) is 0 Å². The number of aromatic nitrogens is 3. The summed E-state index contributed by atoms with van der Waals surface area (Å²) in [5.74, 6) is 1.29. The predicted molar refractivity (Wildman–Crippen MR) is 129 cm³/mol. The van der Waals surface area contributed by atoms with Gasteiger partial charge < -0.3 is 14.8 Å². The van der Waals surface area contributed by atoms with Crippen molar-refractivity contribution in [3.05, 3.63) is 83.7 Å². The van der Waals surface area contributed by atoms with Crippen LogP contribution < -0.4 is 14.8 Å². The van der Waals surface area contributed by atoms with Gasteiger partial charge in [-0.2, -0.15) is 0 Å². The molecule has 0 unspecified atom stereocenters. The Morgan fingerprint density at radius 2 is 1.73 bits per heavy atom. The third-order valence-electron chi connectivity index (χ3n) is 5.20. The molecule has 0 atom stereocenters. The van der Waals surface area contributed by atoms with Crippen LogP contribution in [0.4, 0.5) is 5.13 Å². The van der Waals surface area contributed by atoms with Gasteiger partial charge in [0.2, 0.25) is 5.13 Å². The summed E-state index contributed by atoms with van der Waals surface area (Å²) >= 11 is 1.52. The zero-order valence-electron chi connectivity index (χ0n) is 18.4. The third-order valence-corrected chi connectivity index (χ3v) is 6.19. The number of rotatable bonds is 6. The molecule has 1 aliphatic rings. The zero-order valence-corrected chi connectivity index (χ0v) is 19.2. The maximum absolute atomic E-state index is 10.8. The molecule has 2 heterocycles. The highest BCUT2D eigenvalue weighted by molar-refractivity contribution is 7.18. The Labute approximate surface area is 196 Å². The van der Waals surface area contributed by atoms with Crippen LogP contribution in [0, 0.1) is 0 Å². The van der Waals surface area contributed by atoms with Gasteiger partial charge in [-0.1, -0.05) is 35.6 Å². The number of methoxy groups -OCH3 is 1. The predicted octanol–water partition coefficient (Wildman–Crippen LogP) is 4.70. The molecule has 0 aliphatic heterocycles. The van der Waals surface area contributed by atoms with E-state index in [1.807, 2.05) is 19.2 Å². The summed E-state index contributed by atoms with van der Waals surface area (Å²) < 4.78 is 11.3. The monoisotopic (exact) mass is 460 g/mol. The van der Waals surface area contributed by atoms with E-state index < -0.39 is 0 Å². The SMILES string of the molecule is CNc1nnc(-c2ccncc2)s1.COc1cc(C=O)ccc1OC1Cc2ccccc2C1. The Hall–Kier alpha value is -3.78. The first kappa shape index (κ1) is 22.4. The number of fused-ring (bicyclic) bond motifs is 1. The average Bonchev–Trinajstić information content (AvgIpc) is 3.52. The number of pyridine rings is 1. The molecule has 2 aromatic carbocycles. The first-order valence-corrected chi connectivity index (χ1v) is 11.3. The van der Waals surface area contributed by atoms with Gasteiger partial charge in [0, 0.05) is 43.4 Å². The highest BCUT2D eigenvalue weighted by Crippen LogP contribution is 2.32. The van der Waals surface area contributed by atoms with E-state index in [2.05, 4.69) is 44.8 Å². The molecule has 0 fully saturated rings. The van der Waals surface area contributed by atoms with Crippen LogP contribution in [0.2, 0.25) is 0 Å². The number of carbonyl (C=O) groups is 1. The highest BCUT2D eigenvalue weighted by Gasteiger charge is 2.23. The molecule has 1 aliphatic carbocycles. The summed E-state index contributed by atoms with van der Waals surface area (Å²) in [4.78, 5) is 14.7. The molecule has 168 valence electrons. The minimum Gasteiger partial charge on any atom is -0.493 e. The molecular formula is C25H24N4O3S. The second-order valence-corrected chi connectivity index (χ2v) is 8.32. The molecule has 1 N–H and O–H groups in total. The number of carbonyl (C=O) groups excluding carboxylic acids is 1. The fraction of sp³-hybridized carbons (Fsp3) is 0.200. The molecule has 7 nitrogen and oxygen atoms in total. The smallest absolute Gasteiger partial charge is 0.205 e. The van der Waals surface area contributed by atoms with Crippen LogP contribution in [-0.4, -0.2) is 41.7 Å². The van der Waals surface area contributed by atoms with Gasteiger partial charge in [0.1, 0.15) is 17.4 Å². The second-order valence-electron chi connectivity index (χ2n) is 7.34. The Kier molecular flexibility index (Phi) is 7.26. The lowest BCUT2D eigenvalue weighted by atomic mass is 10.1. The number of hydrogen-bond donors (Lipinski definition) is 1. The minimum absolute atomic E-state index is 0.128. The summed E-state index contributed by atoms with van der Waals surface area (Å²) in [5.41, 5.74) is 4.33. The van der Waals surface area contributed by atoms with Crippen LogP contribution in [-0.2, 0) is 12.8 Å². The first-order valence-electron chi connectivity index (χ1n) is 10.5. The maximum atomic E-state index is 10.8. The third kappa shape index (κ3) is 5.53. The lowest BCUT2D eigenvalue weighted by molar-refractivity contribution is 0.112. The van der Waals surface area contributed by atoms with E-state index in [1.165, 1.54) is 22.5 Å². The van der Waals surface area contributed by atoms with E-state index in [4.69, 9.17) is 9.47 Å². The largest absolute Gasteiger partial charge is 0.493 e. The lowest BCUT2D eigenvalue weighted by Gasteiger charge is -2.16. The summed E-state index contributed by atoms with van der Waals surface area (Å²) in [6, 6.07) is 17.5. The lowest BCUT2D eigenvalue weighted by Crippen LogP contribution is -2.16. The molecule has 2 aromatic heterocycles. The van der Waals surface area contributed by atoms with Gasteiger partial charge in [-0.3, -0.25) is 9.78 Å². The normalized spacial score (nSPS) is 12.3. The maximum Gasteiger partial charge on any atom is 0.205 e. The standard InChI is InChI=1S/C17H16O3.C8H8N4S/c1-19-17-8-12(11-18)6-7-16(17)20-15-9-13-4-2-3-5-14(13)10-15;1-9-8-12-11-7(13-8)6-2-4-10-5-3-6/h2-8,11,15H,9-10H2,1H3;2-5H,1H3,(H,9,12). The average molecular weight is 461 g/mol. The van der Waals surface area contributed by atoms with Gasteiger partial charge in [0.05, 0.1) is 7.11 Å². The number of nitrogens with zero attached hydrogens (tertiary/aromatic N) is 3. The van der Waals surface area contributed by atoms with Gasteiger partial charge >= 0.3 is 0 Å². The molecule has 33 heavy (non-hydrogen) atoms. The number of nitrogens with one attached hydrogen (secondary N) is 1. The number of anilines is 1. The zero-order chi connectivity index (χ0) is 23.0. The van der Waals surface area contributed by atoms with Gasteiger partial charge in [0.25, 0.3) is 0 Å². The molecule has 0 saturated carbocycles. The van der Waals surface area contributed by atoms with E-state index >= 15 is 0 Å². The first-order chi connectivity index (χ1) is 16.2. The Bertz CT molecular complexity index is 1190. The van der Waals surface area contributed by atoms with Gasteiger partial charge in [-0.05, 0) is 41.5 Å². The fourth-order valence-electron chi connectivity index (χ4n) is 3.57. The fourth-order valence-corrected chi connectivity index (χ4v) is 4.27. The van der Waals surface area contributed by atoms with Gasteiger partial charge in [-0.25, -0.2) is 0 Å². The van der Waals surface area contributed by atoms with Crippen LogP contribution in [0.5, 0.6) is 11.5 Å². The van der Waals surface area contributed by atoms with Crippen LogP contribution in [0.3, 0.4) is 0 Å². The Morgan fingerprint density at radius 3 is 2.33 bits per heavy atom. The topological polar surface area (TPSA) is 86.2 Å². The second kappa shape index (κ2) is 10.7. The number of aldehydes is 1. The van der Waals surface area contributed by atoms with E-state index in [9.17, 15) is 4.79 Å². The van der Waals surface area contributed by atoms with Gasteiger partial charge in [0.15, 0.2) is 11.5 Å². The van der Waals surface area contributed by atoms with Crippen LogP contribution in [0.1, 0.15) is 21.5 Å². The minimum atomic E-state index is 0.128. The van der Waals surface area contributed by atoms with Crippen molar-refractivity contribution >= 4 is 22.8 Å². The van der Waals surface area contributed by atoms with E-state index in [-0.39, 0.29) is 6.10 Å². The summed E-state index contributed by atoms with van der Waals surface area (Å²) in [5, 5.41) is 12.7. The van der Waals surface area contributed by atoms with Crippen molar-refractivity contribution in [2.45, 2.75) is 18.9 Å². The van der Waals surface area contributed by atoms with Crippen molar-refractivity contribution in [3.8, 4) is 22.1 Å². The van der Waals surface area contributed by atoms with Crippen molar-refractivity contribution in [1.82, 2.24) is 15.2 Å². The van der Waals surface area contributed by atoms with Crippen LogP contribution >= 0.6 is 11.3 Å². The number of ether oxygens (including phenoxy) is 2. The quantitative estimate of drug-likeness (QED) is 0.418. The van der Waals surface area contributed by atoms with E-state index in [1.54, 1.807) is 37.7 Å².